The maximum Gasteiger partial charge on any atom is 0.417 e. The van der Waals surface area contributed by atoms with E-state index in [0.29, 0.717) is 5.56 Å². The molecule has 6 heteroatoms. The second-order valence-corrected chi connectivity index (χ2v) is 3.92. The van der Waals surface area contributed by atoms with Crippen LogP contribution in [-0.4, -0.2) is 13.9 Å². The van der Waals surface area contributed by atoms with Crippen LogP contribution < -0.4 is 0 Å². The molecule has 0 radical (unpaired) electrons. The summed E-state index contributed by atoms with van der Waals surface area (Å²) in [5.74, 6) is 0. The summed E-state index contributed by atoms with van der Waals surface area (Å²) in [6.45, 7) is 0.323. The van der Waals surface area contributed by atoms with Gasteiger partial charge in [-0.3, -0.25) is 0 Å². The van der Waals surface area contributed by atoms with Gasteiger partial charge in [-0.2, -0.15) is 13.2 Å². The van der Waals surface area contributed by atoms with Crippen molar-refractivity contribution in [1.29, 1.82) is 0 Å². The summed E-state index contributed by atoms with van der Waals surface area (Å²) >= 11 is 2.89. The van der Waals surface area contributed by atoms with Gasteiger partial charge in [0.25, 0.3) is 0 Å². The van der Waals surface area contributed by atoms with Crippen molar-refractivity contribution >= 4 is 15.9 Å². The normalized spacial score (nSPS) is 11.8. The highest BCUT2D eigenvalue weighted by atomic mass is 79.9. The van der Waals surface area contributed by atoms with Gasteiger partial charge in [0, 0.05) is 11.6 Å². The zero-order valence-corrected chi connectivity index (χ0v) is 10.1. The van der Waals surface area contributed by atoms with Crippen molar-refractivity contribution in [2.24, 2.45) is 0 Å². The Morgan fingerprint density at radius 1 is 1.31 bits per heavy atom. The number of alkyl halides is 3. The van der Waals surface area contributed by atoms with Crippen LogP contribution in [0.2, 0.25) is 0 Å². The Balaban J connectivity index is 2.75. The first kappa shape index (κ1) is 13.5. The number of rotatable bonds is 4. The Hall–Kier alpha value is -0.590. The predicted octanol–water partition coefficient (Wildman–Crippen LogP) is 3.59. The highest BCUT2D eigenvalue weighted by Crippen LogP contribution is 2.35. The first-order valence-corrected chi connectivity index (χ1v) is 5.16. The molecule has 1 rings (SSSR count). The maximum absolute atomic E-state index is 12.4. The lowest BCUT2D eigenvalue weighted by atomic mass is 10.1. The molecule has 1 aromatic carbocycles. The van der Waals surface area contributed by atoms with Gasteiger partial charge in [0.2, 0.25) is 0 Å². The van der Waals surface area contributed by atoms with E-state index in [-0.39, 0.29) is 17.9 Å². The lowest BCUT2D eigenvalue weighted by Gasteiger charge is -2.10. The molecule has 0 spiro atoms. The van der Waals surface area contributed by atoms with Crippen LogP contribution in [0.25, 0.3) is 0 Å². The van der Waals surface area contributed by atoms with Crippen LogP contribution in [0.1, 0.15) is 11.1 Å². The van der Waals surface area contributed by atoms with Crippen molar-refractivity contribution in [2.75, 3.05) is 13.9 Å². The van der Waals surface area contributed by atoms with E-state index in [9.17, 15) is 13.2 Å². The molecule has 0 aliphatic carbocycles. The Kier molecular flexibility index (Phi) is 4.76. The second-order valence-electron chi connectivity index (χ2n) is 3.07. The van der Waals surface area contributed by atoms with Gasteiger partial charge in [0.1, 0.15) is 6.79 Å². The molecule has 0 saturated carbocycles. The molecule has 0 saturated heterocycles. The molecule has 0 atom stereocenters. The fourth-order valence-corrected chi connectivity index (χ4v) is 1.77. The van der Waals surface area contributed by atoms with Gasteiger partial charge in [-0.1, -0.05) is 22.0 Å². The van der Waals surface area contributed by atoms with Gasteiger partial charge in [-0.25, -0.2) is 0 Å². The Morgan fingerprint density at radius 2 is 2.00 bits per heavy atom. The van der Waals surface area contributed by atoms with E-state index in [1.54, 1.807) is 0 Å². The maximum atomic E-state index is 12.4. The Morgan fingerprint density at radius 3 is 2.50 bits per heavy atom. The topological polar surface area (TPSA) is 18.5 Å². The molecule has 2 nitrogen and oxygen atoms in total. The number of benzene rings is 1. The van der Waals surface area contributed by atoms with E-state index in [2.05, 4.69) is 20.7 Å². The summed E-state index contributed by atoms with van der Waals surface area (Å²) in [5.41, 5.74) is -0.0417. The third-order valence-corrected chi connectivity index (χ3v) is 2.46. The smallest absolute Gasteiger partial charge is 0.359 e. The minimum atomic E-state index is -4.34. The fourth-order valence-electron chi connectivity index (χ4n) is 1.12. The molecule has 0 unspecified atom stereocenters. The first-order chi connectivity index (χ1) is 7.45. The van der Waals surface area contributed by atoms with Crippen molar-refractivity contribution in [3.63, 3.8) is 0 Å². The molecule has 1 aromatic rings. The van der Waals surface area contributed by atoms with Gasteiger partial charge >= 0.3 is 6.18 Å². The molecule has 0 bridgehead atoms. The number of hydrogen-bond acceptors (Lipinski definition) is 2. The van der Waals surface area contributed by atoms with Crippen molar-refractivity contribution in [3.05, 3.63) is 33.8 Å². The van der Waals surface area contributed by atoms with Crippen molar-refractivity contribution in [3.8, 4) is 0 Å². The van der Waals surface area contributed by atoms with Crippen molar-refractivity contribution < 1.29 is 22.6 Å². The first-order valence-electron chi connectivity index (χ1n) is 4.37. The quantitative estimate of drug-likeness (QED) is 0.625. The lowest BCUT2D eigenvalue weighted by Crippen LogP contribution is -2.06. The summed E-state index contributed by atoms with van der Waals surface area (Å²) in [6.07, 6.45) is -4.34. The second kappa shape index (κ2) is 5.65. The van der Waals surface area contributed by atoms with Crippen LogP contribution >= 0.6 is 15.9 Å². The minimum Gasteiger partial charge on any atom is -0.359 e. The third kappa shape index (κ3) is 3.77. The van der Waals surface area contributed by atoms with E-state index in [1.807, 2.05) is 0 Å². The van der Waals surface area contributed by atoms with Crippen molar-refractivity contribution in [2.45, 2.75) is 12.8 Å². The molecule has 0 aromatic heterocycles. The van der Waals surface area contributed by atoms with E-state index in [1.165, 1.54) is 19.2 Å². The average Bonchev–Trinajstić information content (AvgIpc) is 2.16. The monoisotopic (exact) mass is 298 g/mol. The van der Waals surface area contributed by atoms with Crippen LogP contribution in [0.4, 0.5) is 13.2 Å². The molecule has 0 aliphatic rings. The summed E-state index contributed by atoms with van der Waals surface area (Å²) in [7, 11) is 1.47. The highest BCUT2D eigenvalue weighted by Gasteiger charge is 2.32. The number of methoxy groups -OCH3 is 1. The van der Waals surface area contributed by atoms with E-state index >= 15 is 0 Å². The number of halogens is 4. The Labute approximate surface area is 99.5 Å². The minimum absolute atomic E-state index is 0.0125. The van der Waals surface area contributed by atoms with Gasteiger partial charge < -0.3 is 9.47 Å². The van der Waals surface area contributed by atoms with Crippen molar-refractivity contribution in [1.82, 2.24) is 0 Å². The largest absolute Gasteiger partial charge is 0.417 e. The summed E-state index contributed by atoms with van der Waals surface area (Å²) in [5, 5.41) is 0. The fraction of sp³-hybridized carbons (Fsp3) is 0.400. The molecule has 0 amide bonds. The van der Waals surface area contributed by atoms with Gasteiger partial charge in [-0.15, -0.1) is 0 Å². The molecule has 0 fully saturated rings. The van der Waals surface area contributed by atoms with Gasteiger partial charge in [-0.05, 0) is 17.7 Å². The van der Waals surface area contributed by atoms with Gasteiger partial charge in [0.15, 0.2) is 0 Å². The van der Waals surface area contributed by atoms with Crippen LogP contribution in [0.15, 0.2) is 22.7 Å². The summed E-state index contributed by atoms with van der Waals surface area (Å²) < 4.78 is 46.9. The molecular weight excluding hydrogens is 289 g/mol. The zero-order chi connectivity index (χ0) is 12.2. The molecule has 0 aliphatic heterocycles. The highest BCUT2D eigenvalue weighted by molar-refractivity contribution is 9.10. The van der Waals surface area contributed by atoms with Crippen LogP contribution in [0.3, 0.4) is 0 Å². The lowest BCUT2D eigenvalue weighted by molar-refractivity contribution is -0.138. The predicted molar refractivity (Wildman–Crippen MR) is 55.8 cm³/mol. The molecule has 0 N–H and O–H groups in total. The number of hydrogen-bond donors (Lipinski definition) is 0. The van der Waals surface area contributed by atoms with Crippen LogP contribution in [-0.2, 0) is 22.3 Å². The standard InChI is InChI=1S/C10H10BrF3O2/c1-15-6-16-5-7-2-3-8(9(11)4-7)10(12,13)14/h2-4H,5-6H2,1H3. The average molecular weight is 299 g/mol. The number of ether oxygens (including phenoxy) is 2. The molecular formula is C10H10BrF3O2. The SMILES string of the molecule is COCOCc1ccc(C(F)(F)F)c(Br)c1. The molecule has 90 valence electrons. The summed E-state index contributed by atoms with van der Waals surface area (Å²) in [6, 6.07) is 3.79. The van der Waals surface area contributed by atoms with E-state index in [4.69, 9.17) is 4.74 Å². The zero-order valence-electron chi connectivity index (χ0n) is 8.47. The van der Waals surface area contributed by atoms with Crippen LogP contribution in [0, 0.1) is 0 Å². The van der Waals surface area contributed by atoms with E-state index < -0.39 is 11.7 Å². The Bertz CT molecular complexity index is 352. The molecule has 16 heavy (non-hydrogen) atoms. The van der Waals surface area contributed by atoms with E-state index in [0.717, 1.165) is 6.07 Å². The third-order valence-electron chi connectivity index (χ3n) is 1.81. The van der Waals surface area contributed by atoms with Crippen LogP contribution in [0.5, 0.6) is 0 Å². The van der Waals surface area contributed by atoms with Gasteiger partial charge in [0.05, 0.1) is 12.2 Å². The molecule has 0 heterocycles. The summed E-state index contributed by atoms with van der Waals surface area (Å²) in [4.78, 5) is 0.